The summed E-state index contributed by atoms with van der Waals surface area (Å²) in [5.41, 5.74) is 0.762. The molecule has 90 valence electrons. The van der Waals surface area contributed by atoms with E-state index in [0.29, 0.717) is 13.2 Å². The molecule has 2 unspecified atom stereocenters. The number of fused-ring (bicyclic) bond motifs is 2. The highest BCUT2D eigenvalue weighted by molar-refractivity contribution is 9.10. The van der Waals surface area contributed by atoms with Crippen molar-refractivity contribution in [2.45, 2.75) is 24.9 Å². The Morgan fingerprint density at radius 1 is 1.29 bits per heavy atom. The molecule has 1 amide bonds. The Morgan fingerprint density at radius 3 is 2.65 bits per heavy atom. The molecular weight excluding hydrogens is 282 g/mol. The van der Waals surface area contributed by atoms with E-state index in [4.69, 9.17) is 4.74 Å². The summed E-state index contributed by atoms with van der Waals surface area (Å²) in [6.07, 6.45) is 2.15. The van der Waals surface area contributed by atoms with Gasteiger partial charge in [-0.05, 0) is 31.0 Å². The molecule has 3 rings (SSSR count). The number of rotatable bonds is 1. The lowest BCUT2D eigenvalue weighted by Crippen LogP contribution is -2.49. The molecule has 2 aliphatic heterocycles. The second-order valence-electron chi connectivity index (χ2n) is 4.65. The minimum Gasteiger partial charge on any atom is -0.377 e. The van der Waals surface area contributed by atoms with Gasteiger partial charge in [-0.2, -0.15) is 0 Å². The Balaban J connectivity index is 1.87. The Bertz CT molecular complexity index is 433. The van der Waals surface area contributed by atoms with Crippen LogP contribution in [0, 0.1) is 0 Å². The highest BCUT2D eigenvalue weighted by atomic mass is 79.9. The molecule has 0 aliphatic carbocycles. The third kappa shape index (κ3) is 2.00. The molecule has 2 heterocycles. The van der Waals surface area contributed by atoms with Gasteiger partial charge in [0.1, 0.15) is 0 Å². The first-order chi connectivity index (χ1) is 8.25. The van der Waals surface area contributed by atoms with Crippen molar-refractivity contribution in [1.29, 1.82) is 0 Å². The Hall–Kier alpha value is -0.870. The van der Waals surface area contributed by atoms with E-state index >= 15 is 0 Å². The minimum absolute atomic E-state index is 0.141. The third-order valence-electron chi connectivity index (χ3n) is 3.55. The molecule has 4 heteroatoms. The van der Waals surface area contributed by atoms with Crippen molar-refractivity contribution >= 4 is 21.8 Å². The van der Waals surface area contributed by atoms with Crippen LogP contribution in [0.4, 0.5) is 0 Å². The van der Waals surface area contributed by atoms with Gasteiger partial charge in [-0.15, -0.1) is 0 Å². The topological polar surface area (TPSA) is 29.5 Å². The molecule has 2 fully saturated rings. The summed E-state index contributed by atoms with van der Waals surface area (Å²) in [5, 5.41) is 0. The standard InChI is InChI=1S/C13H14BrNO2/c14-10-3-1-2-9(6-10)13(16)15-11-4-5-12(15)8-17-7-11/h1-3,6,11-12H,4-5,7-8H2. The van der Waals surface area contributed by atoms with Crippen LogP contribution in [-0.2, 0) is 4.74 Å². The number of carbonyl (C=O) groups excluding carboxylic acids is 1. The molecule has 2 aliphatic rings. The molecule has 0 saturated carbocycles. The molecule has 2 bridgehead atoms. The van der Waals surface area contributed by atoms with Crippen LogP contribution in [0.1, 0.15) is 23.2 Å². The number of nitrogens with zero attached hydrogens (tertiary/aromatic N) is 1. The number of benzene rings is 1. The molecule has 2 atom stereocenters. The van der Waals surface area contributed by atoms with Gasteiger partial charge in [0, 0.05) is 10.0 Å². The Labute approximate surface area is 109 Å². The van der Waals surface area contributed by atoms with Gasteiger partial charge in [0.05, 0.1) is 25.3 Å². The molecule has 0 aromatic heterocycles. The van der Waals surface area contributed by atoms with Crippen LogP contribution >= 0.6 is 15.9 Å². The normalized spacial score (nSPS) is 27.2. The maximum Gasteiger partial charge on any atom is 0.254 e. The highest BCUT2D eigenvalue weighted by Crippen LogP contribution is 2.30. The number of morpholine rings is 1. The van der Waals surface area contributed by atoms with Gasteiger partial charge in [0.2, 0.25) is 0 Å². The zero-order valence-electron chi connectivity index (χ0n) is 9.43. The number of carbonyl (C=O) groups is 1. The average Bonchev–Trinajstić information content (AvgIpc) is 2.58. The first-order valence-electron chi connectivity index (χ1n) is 5.91. The monoisotopic (exact) mass is 295 g/mol. The van der Waals surface area contributed by atoms with Crippen LogP contribution in [0.3, 0.4) is 0 Å². The van der Waals surface area contributed by atoms with Gasteiger partial charge in [0.15, 0.2) is 0 Å². The zero-order valence-corrected chi connectivity index (χ0v) is 11.0. The van der Waals surface area contributed by atoms with Crippen LogP contribution in [0.5, 0.6) is 0 Å². The molecule has 0 N–H and O–H groups in total. The molecule has 0 spiro atoms. The summed E-state index contributed by atoms with van der Waals surface area (Å²) >= 11 is 3.40. The second kappa shape index (κ2) is 4.42. The van der Waals surface area contributed by atoms with Crippen LogP contribution < -0.4 is 0 Å². The van der Waals surface area contributed by atoms with Gasteiger partial charge in [-0.3, -0.25) is 4.79 Å². The number of halogens is 1. The lowest BCUT2D eigenvalue weighted by Gasteiger charge is -2.34. The lowest BCUT2D eigenvalue weighted by molar-refractivity contribution is -0.00716. The van der Waals surface area contributed by atoms with Crippen molar-refractivity contribution in [1.82, 2.24) is 4.90 Å². The first-order valence-corrected chi connectivity index (χ1v) is 6.71. The summed E-state index contributed by atoms with van der Waals surface area (Å²) in [6, 6.07) is 8.16. The number of ether oxygens (including phenoxy) is 1. The number of hydrogen-bond acceptors (Lipinski definition) is 2. The average molecular weight is 296 g/mol. The van der Waals surface area contributed by atoms with E-state index in [1.165, 1.54) is 0 Å². The zero-order chi connectivity index (χ0) is 11.8. The molecule has 1 aromatic rings. The van der Waals surface area contributed by atoms with Crippen molar-refractivity contribution in [2.24, 2.45) is 0 Å². The number of hydrogen-bond donors (Lipinski definition) is 0. The van der Waals surface area contributed by atoms with Crippen molar-refractivity contribution < 1.29 is 9.53 Å². The Morgan fingerprint density at radius 2 is 2.00 bits per heavy atom. The summed E-state index contributed by atoms with van der Waals surface area (Å²) in [4.78, 5) is 14.5. The molecule has 1 aromatic carbocycles. The largest absolute Gasteiger partial charge is 0.377 e. The minimum atomic E-state index is 0.141. The molecule has 2 saturated heterocycles. The van der Waals surface area contributed by atoms with Crippen molar-refractivity contribution in [3.63, 3.8) is 0 Å². The fourth-order valence-corrected chi connectivity index (χ4v) is 3.13. The van der Waals surface area contributed by atoms with E-state index in [1.807, 2.05) is 29.2 Å². The van der Waals surface area contributed by atoms with Crippen LogP contribution in [0.25, 0.3) is 0 Å². The molecule has 0 radical (unpaired) electrons. The smallest absolute Gasteiger partial charge is 0.254 e. The lowest BCUT2D eigenvalue weighted by atomic mass is 10.1. The first kappa shape index (κ1) is 11.2. The van der Waals surface area contributed by atoms with Crippen LogP contribution in [-0.4, -0.2) is 36.1 Å². The predicted octanol–water partition coefficient (Wildman–Crippen LogP) is 2.45. The van der Waals surface area contributed by atoms with E-state index in [1.54, 1.807) is 0 Å². The van der Waals surface area contributed by atoms with Gasteiger partial charge in [-0.25, -0.2) is 0 Å². The van der Waals surface area contributed by atoms with Crippen molar-refractivity contribution in [2.75, 3.05) is 13.2 Å². The van der Waals surface area contributed by atoms with Gasteiger partial charge in [-0.1, -0.05) is 22.0 Å². The van der Waals surface area contributed by atoms with E-state index < -0.39 is 0 Å². The highest BCUT2D eigenvalue weighted by Gasteiger charge is 2.40. The Kier molecular flexibility index (Phi) is 2.92. The summed E-state index contributed by atoms with van der Waals surface area (Å²) in [7, 11) is 0. The van der Waals surface area contributed by atoms with E-state index in [-0.39, 0.29) is 18.0 Å². The molecule has 3 nitrogen and oxygen atoms in total. The van der Waals surface area contributed by atoms with Gasteiger partial charge < -0.3 is 9.64 Å². The SMILES string of the molecule is O=C(c1cccc(Br)c1)N1C2CCC1COC2. The predicted molar refractivity (Wildman–Crippen MR) is 67.9 cm³/mol. The molecule has 17 heavy (non-hydrogen) atoms. The summed E-state index contributed by atoms with van der Waals surface area (Å²) in [6.45, 7) is 1.38. The molecular formula is C13H14BrNO2. The number of amides is 1. The summed E-state index contributed by atoms with van der Waals surface area (Å²) in [5.74, 6) is 0.141. The van der Waals surface area contributed by atoms with E-state index in [0.717, 1.165) is 22.9 Å². The fraction of sp³-hybridized carbons (Fsp3) is 0.462. The maximum absolute atomic E-state index is 12.5. The van der Waals surface area contributed by atoms with Crippen LogP contribution in [0.2, 0.25) is 0 Å². The van der Waals surface area contributed by atoms with Crippen LogP contribution in [0.15, 0.2) is 28.7 Å². The van der Waals surface area contributed by atoms with E-state index in [9.17, 15) is 4.79 Å². The van der Waals surface area contributed by atoms with Gasteiger partial charge in [0.25, 0.3) is 5.91 Å². The summed E-state index contributed by atoms with van der Waals surface area (Å²) < 4.78 is 6.44. The van der Waals surface area contributed by atoms with E-state index in [2.05, 4.69) is 15.9 Å². The third-order valence-corrected chi connectivity index (χ3v) is 4.04. The quantitative estimate of drug-likeness (QED) is 0.796. The van der Waals surface area contributed by atoms with Crippen molar-refractivity contribution in [3.8, 4) is 0 Å². The maximum atomic E-state index is 12.5. The van der Waals surface area contributed by atoms with Gasteiger partial charge >= 0.3 is 0 Å². The second-order valence-corrected chi connectivity index (χ2v) is 5.56. The van der Waals surface area contributed by atoms with Crippen molar-refractivity contribution in [3.05, 3.63) is 34.3 Å². The fourth-order valence-electron chi connectivity index (χ4n) is 2.73.